The van der Waals surface area contributed by atoms with Crippen LogP contribution in [0.3, 0.4) is 0 Å². The maximum atomic E-state index is 12.2. The maximum Gasteiger partial charge on any atom is 0.251 e. The molecule has 1 fully saturated rings. The van der Waals surface area contributed by atoms with Gasteiger partial charge in [0.05, 0.1) is 12.7 Å². The van der Waals surface area contributed by atoms with Gasteiger partial charge in [0, 0.05) is 30.7 Å². The predicted octanol–water partition coefficient (Wildman–Crippen LogP) is 1.72. The number of aliphatic hydroxyl groups is 1. The summed E-state index contributed by atoms with van der Waals surface area (Å²) in [6.45, 7) is 0.0511. The van der Waals surface area contributed by atoms with Gasteiger partial charge in [-0.25, -0.2) is 0 Å². The van der Waals surface area contributed by atoms with Crippen LogP contribution in [-0.4, -0.2) is 36.9 Å². The summed E-state index contributed by atoms with van der Waals surface area (Å²) in [4.78, 5) is 12.2. The lowest BCUT2D eigenvalue weighted by Crippen LogP contribution is -2.33. The lowest BCUT2D eigenvalue weighted by molar-refractivity contribution is 0.0915. The number of carbonyl (C=O) groups is 1. The Morgan fingerprint density at radius 1 is 1.48 bits per heavy atom. The molecule has 2 atom stereocenters. The summed E-state index contributed by atoms with van der Waals surface area (Å²) in [6.07, 6.45) is 3.52. The van der Waals surface area contributed by atoms with Crippen molar-refractivity contribution in [1.82, 2.24) is 5.32 Å². The second kappa shape index (κ2) is 7.82. The van der Waals surface area contributed by atoms with Crippen LogP contribution in [0, 0.1) is 11.8 Å². The summed E-state index contributed by atoms with van der Waals surface area (Å²) < 4.78 is 5.31. The average Bonchev–Trinajstić information content (AvgIpc) is 2.95. The van der Waals surface area contributed by atoms with Crippen LogP contribution in [0.25, 0.3) is 0 Å². The Labute approximate surface area is 125 Å². The summed E-state index contributed by atoms with van der Waals surface area (Å²) in [6, 6.07) is 7.44. The van der Waals surface area contributed by atoms with E-state index in [4.69, 9.17) is 9.84 Å². The highest BCUT2D eigenvalue weighted by atomic mass is 16.5. The SMILES string of the molecule is COC1CCC(NC(=O)c2cccc(C#CCCO)c2)C1. The highest BCUT2D eigenvalue weighted by Crippen LogP contribution is 2.21. The molecule has 0 bridgehead atoms. The predicted molar refractivity (Wildman–Crippen MR) is 80.9 cm³/mol. The van der Waals surface area contributed by atoms with Crippen molar-refractivity contribution >= 4 is 5.91 Å². The fourth-order valence-corrected chi connectivity index (χ4v) is 2.51. The average molecular weight is 287 g/mol. The summed E-state index contributed by atoms with van der Waals surface area (Å²) in [5.74, 6) is 5.73. The van der Waals surface area contributed by atoms with Crippen molar-refractivity contribution in [2.45, 2.75) is 37.8 Å². The van der Waals surface area contributed by atoms with Gasteiger partial charge in [-0.15, -0.1) is 0 Å². The smallest absolute Gasteiger partial charge is 0.251 e. The molecule has 1 aromatic rings. The number of aliphatic hydroxyl groups excluding tert-OH is 1. The first kappa shape index (κ1) is 15.6. The highest BCUT2D eigenvalue weighted by Gasteiger charge is 2.25. The van der Waals surface area contributed by atoms with Gasteiger partial charge in [0.25, 0.3) is 5.91 Å². The molecule has 4 heteroatoms. The fraction of sp³-hybridized carbons (Fsp3) is 0.471. The Hall–Kier alpha value is -1.83. The quantitative estimate of drug-likeness (QED) is 0.829. The zero-order valence-electron chi connectivity index (χ0n) is 12.3. The largest absolute Gasteiger partial charge is 0.395 e. The lowest BCUT2D eigenvalue weighted by atomic mass is 10.1. The Morgan fingerprint density at radius 2 is 2.33 bits per heavy atom. The van der Waals surface area contributed by atoms with Crippen molar-refractivity contribution in [2.24, 2.45) is 0 Å². The minimum atomic E-state index is -0.0671. The van der Waals surface area contributed by atoms with Crippen LogP contribution < -0.4 is 5.32 Å². The molecule has 1 amide bonds. The van der Waals surface area contributed by atoms with E-state index in [-0.39, 0.29) is 24.7 Å². The number of ether oxygens (including phenoxy) is 1. The van der Waals surface area contributed by atoms with E-state index < -0.39 is 0 Å². The van der Waals surface area contributed by atoms with Crippen molar-refractivity contribution in [2.75, 3.05) is 13.7 Å². The number of amides is 1. The van der Waals surface area contributed by atoms with Crippen LogP contribution in [0.2, 0.25) is 0 Å². The van der Waals surface area contributed by atoms with Crippen LogP contribution in [-0.2, 0) is 4.74 Å². The van der Waals surface area contributed by atoms with Gasteiger partial charge in [-0.2, -0.15) is 0 Å². The Morgan fingerprint density at radius 3 is 3.05 bits per heavy atom. The van der Waals surface area contributed by atoms with Gasteiger partial charge in [0.15, 0.2) is 0 Å². The topological polar surface area (TPSA) is 58.6 Å². The molecular formula is C17H21NO3. The van der Waals surface area contributed by atoms with Crippen molar-refractivity contribution in [3.05, 3.63) is 35.4 Å². The molecule has 2 rings (SSSR count). The third kappa shape index (κ3) is 4.59. The molecule has 1 aliphatic carbocycles. The van der Waals surface area contributed by atoms with E-state index in [0.717, 1.165) is 24.8 Å². The molecule has 4 nitrogen and oxygen atoms in total. The highest BCUT2D eigenvalue weighted by molar-refractivity contribution is 5.94. The minimum absolute atomic E-state index is 0.0511. The zero-order chi connectivity index (χ0) is 15.1. The third-order valence-electron chi connectivity index (χ3n) is 3.65. The Balaban J connectivity index is 1.97. The first-order valence-electron chi connectivity index (χ1n) is 7.26. The molecular weight excluding hydrogens is 266 g/mol. The van der Waals surface area contributed by atoms with Crippen molar-refractivity contribution in [3.8, 4) is 11.8 Å². The van der Waals surface area contributed by atoms with Crippen LogP contribution in [0.4, 0.5) is 0 Å². The van der Waals surface area contributed by atoms with E-state index in [1.54, 1.807) is 19.2 Å². The van der Waals surface area contributed by atoms with E-state index in [9.17, 15) is 4.79 Å². The molecule has 2 unspecified atom stereocenters. The van der Waals surface area contributed by atoms with Gasteiger partial charge in [0.1, 0.15) is 0 Å². The van der Waals surface area contributed by atoms with Crippen LogP contribution in [0.15, 0.2) is 24.3 Å². The van der Waals surface area contributed by atoms with E-state index in [1.165, 1.54) is 0 Å². The van der Waals surface area contributed by atoms with Gasteiger partial charge < -0.3 is 15.2 Å². The molecule has 1 saturated carbocycles. The number of methoxy groups -OCH3 is 1. The number of carbonyl (C=O) groups excluding carboxylic acids is 1. The summed E-state index contributed by atoms with van der Waals surface area (Å²) >= 11 is 0. The van der Waals surface area contributed by atoms with E-state index in [0.29, 0.717) is 12.0 Å². The molecule has 0 aromatic heterocycles. The third-order valence-corrected chi connectivity index (χ3v) is 3.65. The first-order valence-corrected chi connectivity index (χ1v) is 7.26. The van der Waals surface area contributed by atoms with Crippen molar-refractivity contribution < 1.29 is 14.6 Å². The molecule has 0 heterocycles. The fourth-order valence-electron chi connectivity index (χ4n) is 2.51. The molecule has 0 radical (unpaired) electrons. The number of nitrogens with one attached hydrogen (secondary N) is 1. The van der Waals surface area contributed by atoms with E-state index >= 15 is 0 Å². The Kier molecular flexibility index (Phi) is 5.79. The molecule has 0 aliphatic heterocycles. The standard InChI is InChI=1S/C17H21NO3/c1-21-16-9-8-15(12-16)18-17(20)14-7-4-6-13(11-14)5-2-3-10-19/h4,6-7,11,15-16,19H,3,8-10,12H2,1H3,(H,18,20). The van der Waals surface area contributed by atoms with E-state index in [1.807, 2.05) is 12.1 Å². The van der Waals surface area contributed by atoms with E-state index in [2.05, 4.69) is 17.2 Å². The first-order chi connectivity index (χ1) is 10.2. The monoisotopic (exact) mass is 287 g/mol. The maximum absolute atomic E-state index is 12.2. The minimum Gasteiger partial charge on any atom is -0.395 e. The molecule has 1 aliphatic rings. The van der Waals surface area contributed by atoms with Crippen LogP contribution in [0.5, 0.6) is 0 Å². The molecule has 0 spiro atoms. The van der Waals surface area contributed by atoms with Crippen molar-refractivity contribution in [3.63, 3.8) is 0 Å². The zero-order valence-corrected chi connectivity index (χ0v) is 12.3. The summed E-state index contributed by atoms with van der Waals surface area (Å²) in [5.41, 5.74) is 1.41. The normalized spacial score (nSPS) is 20.7. The molecule has 0 saturated heterocycles. The number of rotatable bonds is 4. The molecule has 112 valence electrons. The van der Waals surface area contributed by atoms with Crippen LogP contribution >= 0.6 is 0 Å². The number of benzene rings is 1. The van der Waals surface area contributed by atoms with Gasteiger partial charge in [-0.1, -0.05) is 17.9 Å². The van der Waals surface area contributed by atoms with Crippen molar-refractivity contribution in [1.29, 1.82) is 0 Å². The molecule has 2 N–H and O–H groups in total. The van der Waals surface area contributed by atoms with Gasteiger partial charge in [-0.3, -0.25) is 4.79 Å². The Bertz CT molecular complexity index is 544. The number of hydrogen-bond acceptors (Lipinski definition) is 3. The van der Waals surface area contributed by atoms with Gasteiger partial charge in [-0.05, 0) is 37.5 Å². The lowest BCUT2D eigenvalue weighted by Gasteiger charge is -2.13. The van der Waals surface area contributed by atoms with Gasteiger partial charge >= 0.3 is 0 Å². The van der Waals surface area contributed by atoms with Crippen LogP contribution in [0.1, 0.15) is 41.6 Å². The molecule has 21 heavy (non-hydrogen) atoms. The summed E-state index contributed by atoms with van der Waals surface area (Å²) in [5, 5.41) is 11.8. The second-order valence-electron chi connectivity index (χ2n) is 5.20. The summed E-state index contributed by atoms with van der Waals surface area (Å²) in [7, 11) is 1.71. The van der Waals surface area contributed by atoms with Gasteiger partial charge in [0.2, 0.25) is 0 Å². The number of hydrogen-bond donors (Lipinski definition) is 2. The molecule has 1 aromatic carbocycles. The second-order valence-corrected chi connectivity index (χ2v) is 5.20.